The average Bonchev–Trinajstić information content (AvgIpc) is 2.69. The summed E-state index contributed by atoms with van der Waals surface area (Å²) in [5, 5.41) is 2.93. The fourth-order valence-electron chi connectivity index (χ4n) is 2.98. The summed E-state index contributed by atoms with van der Waals surface area (Å²) in [5.41, 5.74) is 4.08. The van der Waals surface area contributed by atoms with Gasteiger partial charge >= 0.3 is 0 Å². The van der Waals surface area contributed by atoms with Crippen molar-refractivity contribution in [3.05, 3.63) is 77.6 Å². The number of hydrogen-bond acceptors (Lipinski definition) is 4. The van der Waals surface area contributed by atoms with Crippen LogP contribution < -0.4 is 10.2 Å². The van der Waals surface area contributed by atoms with E-state index in [0.717, 1.165) is 17.1 Å². The maximum absolute atomic E-state index is 12.8. The van der Waals surface area contributed by atoms with Crippen LogP contribution in [0.3, 0.4) is 0 Å². The molecule has 0 spiro atoms. The van der Waals surface area contributed by atoms with Crippen molar-refractivity contribution >= 4 is 23.2 Å². The molecule has 1 heterocycles. The molecule has 3 rings (SSSR count). The number of amides is 1. The Morgan fingerprint density at radius 1 is 1.04 bits per heavy atom. The Morgan fingerprint density at radius 3 is 2.32 bits per heavy atom. The van der Waals surface area contributed by atoms with Crippen LogP contribution >= 0.6 is 0 Å². The second kappa shape index (κ2) is 8.65. The van der Waals surface area contributed by atoms with E-state index in [-0.39, 0.29) is 5.91 Å². The van der Waals surface area contributed by atoms with Gasteiger partial charge in [0.25, 0.3) is 5.91 Å². The Hall–Kier alpha value is -3.21. The summed E-state index contributed by atoms with van der Waals surface area (Å²) in [4.78, 5) is 23.8. The molecule has 0 aliphatic heterocycles. The molecule has 5 nitrogen and oxygen atoms in total. The highest BCUT2D eigenvalue weighted by molar-refractivity contribution is 6.03. The van der Waals surface area contributed by atoms with E-state index < -0.39 is 0 Å². The average molecular weight is 374 g/mol. The number of aryl methyl sites for hydroxylation is 1. The molecule has 28 heavy (non-hydrogen) atoms. The van der Waals surface area contributed by atoms with E-state index in [9.17, 15) is 4.79 Å². The maximum atomic E-state index is 12.8. The number of benzene rings is 2. The van der Waals surface area contributed by atoms with Gasteiger partial charge in [-0.3, -0.25) is 4.79 Å². The minimum Gasteiger partial charge on any atom is -0.321 e. The summed E-state index contributed by atoms with van der Waals surface area (Å²) in [6, 6.07) is 19.5. The van der Waals surface area contributed by atoms with Crippen molar-refractivity contribution in [1.82, 2.24) is 9.97 Å². The minimum absolute atomic E-state index is 0.242. The summed E-state index contributed by atoms with van der Waals surface area (Å²) >= 11 is 0. The lowest BCUT2D eigenvalue weighted by Gasteiger charge is -2.21. The third-order valence-corrected chi connectivity index (χ3v) is 4.54. The molecule has 2 aromatic carbocycles. The maximum Gasteiger partial charge on any atom is 0.274 e. The van der Waals surface area contributed by atoms with Crippen LogP contribution in [0.2, 0.25) is 0 Å². The summed E-state index contributed by atoms with van der Waals surface area (Å²) in [6.07, 6.45) is 0. The quantitative estimate of drug-likeness (QED) is 0.634. The number of para-hydroxylation sites is 1. The van der Waals surface area contributed by atoms with E-state index in [2.05, 4.69) is 29.1 Å². The van der Waals surface area contributed by atoms with E-state index in [1.165, 1.54) is 5.56 Å². The first-order valence-electron chi connectivity index (χ1n) is 9.57. The molecule has 0 aliphatic rings. The Bertz CT molecular complexity index is 937. The van der Waals surface area contributed by atoms with Crippen LogP contribution in [0.5, 0.6) is 0 Å². The van der Waals surface area contributed by atoms with E-state index in [1.54, 1.807) is 6.07 Å². The Morgan fingerprint density at radius 2 is 1.71 bits per heavy atom. The van der Waals surface area contributed by atoms with E-state index in [4.69, 9.17) is 0 Å². The van der Waals surface area contributed by atoms with Gasteiger partial charge in [0.1, 0.15) is 5.69 Å². The molecule has 0 aliphatic carbocycles. The number of nitrogens with zero attached hydrogens (tertiary/aromatic N) is 3. The lowest BCUT2D eigenvalue weighted by Crippen LogP contribution is -2.22. The van der Waals surface area contributed by atoms with Crippen LogP contribution in [0.15, 0.2) is 60.7 Å². The zero-order valence-corrected chi connectivity index (χ0v) is 16.8. The zero-order valence-electron chi connectivity index (χ0n) is 16.8. The smallest absolute Gasteiger partial charge is 0.274 e. The van der Waals surface area contributed by atoms with Gasteiger partial charge in [0.2, 0.25) is 5.95 Å². The van der Waals surface area contributed by atoms with Gasteiger partial charge in [0.15, 0.2) is 0 Å². The van der Waals surface area contributed by atoms with Crippen molar-refractivity contribution in [3.8, 4) is 0 Å². The lowest BCUT2D eigenvalue weighted by molar-refractivity contribution is 0.102. The van der Waals surface area contributed by atoms with E-state index in [1.807, 2.05) is 73.3 Å². The van der Waals surface area contributed by atoms with Gasteiger partial charge in [-0.25, -0.2) is 9.97 Å². The number of anilines is 3. The van der Waals surface area contributed by atoms with Crippen molar-refractivity contribution in [1.29, 1.82) is 0 Å². The molecule has 1 N–H and O–H groups in total. The van der Waals surface area contributed by atoms with Crippen molar-refractivity contribution in [3.63, 3.8) is 0 Å². The zero-order chi connectivity index (χ0) is 20.1. The minimum atomic E-state index is -0.242. The number of nitrogens with one attached hydrogen (secondary N) is 1. The number of aromatic nitrogens is 2. The first kappa shape index (κ1) is 19.5. The first-order chi connectivity index (χ1) is 13.5. The van der Waals surface area contributed by atoms with Crippen LogP contribution in [0.1, 0.15) is 48.4 Å². The van der Waals surface area contributed by atoms with Crippen LogP contribution in [0.25, 0.3) is 0 Å². The molecule has 0 unspecified atom stereocenters. The van der Waals surface area contributed by atoms with Crippen molar-refractivity contribution in [2.75, 3.05) is 16.8 Å². The van der Waals surface area contributed by atoms with Gasteiger partial charge in [0.05, 0.1) is 0 Å². The number of hydrogen-bond donors (Lipinski definition) is 1. The Labute approximate surface area is 166 Å². The molecule has 0 saturated heterocycles. The largest absolute Gasteiger partial charge is 0.321 e. The monoisotopic (exact) mass is 374 g/mol. The number of carbonyl (C=O) groups is 1. The molecule has 0 atom stereocenters. The molecule has 1 amide bonds. The molecule has 0 saturated carbocycles. The molecule has 3 aromatic rings. The summed E-state index contributed by atoms with van der Waals surface area (Å²) in [7, 11) is 0. The highest BCUT2D eigenvalue weighted by atomic mass is 16.1. The molecule has 144 valence electrons. The molecule has 5 heteroatoms. The molecule has 0 radical (unpaired) electrons. The van der Waals surface area contributed by atoms with Crippen LogP contribution in [-0.4, -0.2) is 22.4 Å². The van der Waals surface area contributed by atoms with Gasteiger partial charge in [-0.1, -0.05) is 44.2 Å². The van der Waals surface area contributed by atoms with Gasteiger partial charge < -0.3 is 10.2 Å². The van der Waals surface area contributed by atoms with Crippen molar-refractivity contribution in [2.45, 2.75) is 33.6 Å². The highest BCUT2D eigenvalue weighted by Crippen LogP contribution is 2.22. The van der Waals surface area contributed by atoms with Crippen LogP contribution in [-0.2, 0) is 0 Å². The predicted octanol–water partition coefficient (Wildman–Crippen LogP) is 5.32. The third-order valence-electron chi connectivity index (χ3n) is 4.54. The Balaban J connectivity index is 1.85. The molecule has 0 bridgehead atoms. The van der Waals surface area contributed by atoms with Crippen molar-refractivity contribution < 1.29 is 4.79 Å². The first-order valence-corrected chi connectivity index (χ1v) is 9.57. The van der Waals surface area contributed by atoms with Gasteiger partial charge in [-0.05, 0) is 55.7 Å². The molecule has 0 fully saturated rings. The highest BCUT2D eigenvalue weighted by Gasteiger charge is 2.16. The van der Waals surface area contributed by atoms with Gasteiger partial charge in [-0.2, -0.15) is 0 Å². The normalized spacial score (nSPS) is 10.8. The summed E-state index contributed by atoms with van der Waals surface area (Å²) in [5.74, 6) is 0.733. The summed E-state index contributed by atoms with van der Waals surface area (Å²) in [6.45, 7) is 8.90. The number of carbonyl (C=O) groups excluding carboxylic acids is 1. The van der Waals surface area contributed by atoms with Gasteiger partial charge in [-0.15, -0.1) is 0 Å². The lowest BCUT2D eigenvalue weighted by atomic mass is 10.0. The van der Waals surface area contributed by atoms with Crippen molar-refractivity contribution in [2.24, 2.45) is 0 Å². The predicted molar refractivity (Wildman–Crippen MR) is 114 cm³/mol. The molecular formula is C23H26N4O. The summed E-state index contributed by atoms with van der Waals surface area (Å²) < 4.78 is 0. The van der Waals surface area contributed by atoms with Crippen LogP contribution in [0.4, 0.5) is 17.3 Å². The second-order valence-corrected chi connectivity index (χ2v) is 7.01. The van der Waals surface area contributed by atoms with Gasteiger partial charge in [0, 0.05) is 23.6 Å². The second-order valence-electron chi connectivity index (χ2n) is 7.01. The fraction of sp³-hybridized carbons (Fsp3) is 0.261. The standard InChI is InChI=1S/C23H26N4O/c1-5-27(20-9-7-6-8-10-20)23-24-17(4)15-21(26-23)22(28)25-19-13-11-18(12-14-19)16(2)3/h6-16H,5H2,1-4H3,(H,25,28). The SMILES string of the molecule is CCN(c1ccccc1)c1nc(C)cc(C(=O)Nc2ccc(C(C)C)cc2)n1. The molecular weight excluding hydrogens is 348 g/mol. The Kier molecular flexibility index (Phi) is 6.04. The topological polar surface area (TPSA) is 58.1 Å². The third kappa shape index (κ3) is 4.55. The molecule has 1 aromatic heterocycles. The number of rotatable bonds is 6. The van der Waals surface area contributed by atoms with Crippen LogP contribution in [0, 0.1) is 6.92 Å². The van der Waals surface area contributed by atoms with E-state index >= 15 is 0 Å². The fourth-order valence-corrected chi connectivity index (χ4v) is 2.98. The van der Waals surface area contributed by atoms with E-state index in [0.29, 0.717) is 24.1 Å².